The van der Waals surface area contributed by atoms with E-state index >= 15 is 0 Å². The highest BCUT2D eigenvalue weighted by molar-refractivity contribution is 5.94. The summed E-state index contributed by atoms with van der Waals surface area (Å²) in [5.74, 6) is -1.84. The summed E-state index contributed by atoms with van der Waals surface area (Å²) in [6, 6.07) is 2.47. The van der Waals surface area contributed by atoms with Gasteiger partial charge in [0.2, 0.25) is 0 Å². The predicted octanol–water partition coefficient (Wildman–Crippen LogP) is 1.45. The van der Waals surface area contributed by atoms with Crippen molar-refractivity contribution in [3.8, 4) is 0 Å². The van der Waals surface area contributed by atoms with Gasteiger partial charge in [-0.05, 0) is 31.0 Å². The molecule has 6 nitrogen and oxygen atoms in total. The average Bonchev–Trinajstić information content (AvgIpc) is 2.57. The summed E-state index contributed by atoms with van der Waals surface area (Å²) in [7, 11) is 0. The van der Waals surface area contributed by atoms with E-state index in [0.29, 0.717) is 19.5 Å². The molecule has 1 atom stereocenters. The van der Waals surface area contributed by atoms with Gasteiger partial charge in [0.25, 0.3) is 11.5 Å². The number of hydrogen-bond acceptors (Lipinski definition) is 4. The first-order valence-electron chi connectivity index (χ1n) is 7.59. The van der Waals surface area contributed by atoms with E-state index in [1.54, 1.807) is 4.90 Å². The van der Waals surface area contributed by atoms with Gasteiger partial charge < -0.3 is 15.2 Å². The molecule has 1 aromatic heterocycles. The number of nitrogens with one attached hydrogen (secondary N) is 2. The number of aromatic nitrogens is 2. The number of carbonyl (C=O) groups excluding carboxylic acids is 1. The fraction of sp³-hybridized carbons (Fsp3) is 0.312. The van der Waals surface area contributed by atoms with E-state index in [0.717, 1.165) is 24.6 Å². The molecular formula is C16H16F2N4O2. The van der Waals surface area contributed by atoms with Crippen molar-refractivity contribution in [1.82, 2.24) is 15.3 Å². The van der Waals surface area contributed by atoms with E-state index in [2.05, 4.69) is 15.3 Å². The predicted molar refractivity (Wildman–Crippen MR) is 83.9 cm³/mol. The van der Waals surface area contributed by atoms with Gasteiger partial charge in [-0.1, -0.05) is 0 Å². The number of halogens is 2. The van der Waals surface area contributed by atoms with Gasteiger partial charge in [0.1, 0.15) is 11.6 Å². The number of benzene rings is 1. The van der Waals surface area contributed by atoms with Crippen molar-refractivity contribution in [3.05, 3.63) is 58.1 Å². The molecular weight excluding hydrogens is 318 g/mol. The molecule has 3 rings (SSSR count). The van der Waals surface area contributed by atoms with Gasteiger partial charge in [-0.2, -0.15) is 0 Å². The third-order valence-corrected chi connectivity index (χ3v) is 3.92. The maximum Gasteiger partial charge on any atom is 0.290 e. The second kappa shape index (κ2) is 6.77. The molecule has 1 saturated heterocycles. The molecule has 1 aliphatic heterocycles. The lowest BCUT2D eigenvalue weighted by molar-refractivity contribution is 0.0928. The molecule has 1 fully saturated rings. The fourth-order valence-electron chi connectivity index (χ4n) is 2.79. The monoisotopic (exact) mass is 334 g/mol. The van der Waals surface area contributed by atoms with E-state index in [-0.39, 0.29) is 23.0 Å². The minimum absolute atomic E-state index is 0.282. The zero-order chi connectivity index (χ0) is 17.1. The zero-order valence-electron chi connectivity index (χ0n) is 12.8. The molecule has 2 N–H and O–H groups in total. The van der Waals surface area contributed by atoms with E-state index in [9.17, 15) is 18.4 Å². The van der Waals surface area contributed by atoms with Crippen molar-refractivity contribution in [2.24, 2.45) is 0 Å². The van der Waals surface area contributed by atoms with Crippen LogP contribution in [0.5, 0.6) is 0 Å². The molecule has 0 radical (unpaired) electrons. The lowest BCUT2D eigenvalue weighted by Gasteiger charge is -2.33. The number of carbonyl (C=O) groups is 1. The standard InChI is InChI=1S/C16H16F2N4O2/c17-10-3-4-13(18)12(8-10)15(23)21-11-2-1-7-22(9-11)14-16(24)20-6-5-19-14/h3-6,8,11H,1-2,7,9H2,(H,20,24)(H,21,23)/t11-/m1/s1. The van der Waals surface area contributed by atoms with Crippen LogP contribution in [-0.2, 0) is 0 Å². The first kappa shape index (κ1) is 16.1. The average molecular weight is 334 g/mol. The van der Waals surface area contributed by atoms with Crippen LogP contribution in [0.2, 0.25) is 0 Å². The first-order chi connectivity index (χ1) is 11.5. The highest BCUT2D eigenvalue weighted by Gasteiger charge is 2.25. The topological polar surface area (TPSA) is 78.1 Å². The van der Waals surface area contributed by atoms with Gasteiger partial charge in [-0.3, -0.25) is 9.59 Å². The van der Waals surface area contributed by atoms with Crippen LogP contribution >= 0.6 is 0 Å². The molecule has 0 bridgehead atoms. The van der Waals surface area contributed by atoms with Crippen LogP contribution in [0.4, 0.5) is 14.6 Å². The Bertz CT molecular complexity index is 809. The van der Waals surface area contributed by atoms with Crippen LogP contribution in [-0.4, -0.2) is 35.0 Å². The number of rotatable bonds is 3. The Labute approximate surface area is 136 Å². The SMILES string of the molecule is O=C(N[C@@H]1CCCN(c2ncc[nH]c2=O)C1)c1cc(F)ccc1F. The summed E-state index contributed by atoms with van der Waals surface area (Å²) in [4.78, 5) is 32.4. The van der Waals surface area contributed by atoms with Crippen molar-refractivity contribution in [3.63, 3.8) is 0 Å². The molecule has 1 aromatic carbocycles. The number of piperidine rings is 1. The van der Waals surface area contributed by atoms with Gasteiger partial charge in [-0.25, -0.2) is 13.8 Å². The molecule has 2 heterocycles. The second-order valence-corrected chi connectivity index (χ2v) is 5.62. The molecule has 126 valence electrons. The van der Waals surface area contributed by atoms with Crippen LogP contribution in [0.3, 0.4) is 0 Å². The van der Waals surface area contributed by atoms with Crippen molar-refractivity contribution in [1.29, 1.82) is 0 Å². The highest BCUT2D eigenvalue weighted by Crippen LogP contribution is 2.16. The van der Waals surface area contributed by atoms with E-state index in [1.165, 1.54) is 12.4 Å². The van der Waals surface area contributed by atoms with Crippen LogP contribution in [0.15, 0.2) is 35.4 Å². The number of hydrogen-bond donors (Lipinski definition) is 2. The van der Waals surface area contributed by atoms with Gasteiger partial charge >= 0.3 is 0 Å². The molecule has 1 amide bonds. The van der Waals surface area contributed by atoms with Crippen LogP contribution < -0.4 is 15.8 Å². The minimum atomic E-state index is -0.775. The fourth-order valence-corrected chi connectivity index (χ4v) is 2.79. The largest absolute Gasteiger partial charge is 0.350 e. The summed E-state index contributed by atoms with van der Waals surface area (Å²) in [6.45, 7) is 1.02. The van der Waals surface area contributed by atoms with Crippen molar-refractivity contribution >= 4 is 11.7 Å². The lowest BCUT2D eigenvalue weighted by Crippen LogP contribution is -2.49. The Morgan fingerprint density at radius 2 is 2.21 bits per heavy atom. The lowest BCUT2D eigenvalue weighted by atomic mass is 10.0. The number of nitrogens with zero attached hydrogens (tertiary/aromatic N) is 2. The Kier molecular flexibility index (Phi) is 4.54. The second-order valence-electron chi connectivity index (χ2n) is 5.62. The first-order valence-corrected chi connectivity index (χ1v) is 7.59. The van der Waals surface area contributed by atoms with Crippen LogP contribution in [0.25, 0.3) is 0 Å². The summed E-state index contributed by atoms with van der Waals surface area (Å²) in [5, 5.41) is 2.70. The minimum Gasteiger partial charge on any atom is -0.350 e. The Morgan fingerprint density at radius 1 is 1.38 bits per heavy atom. The molecule has 2 aromatic rings. The van der Waals surface area contributed by atoms with E-state index in [1.807, 2.05) is 0 Å². The molecule has 0 spiro atoms. The smallest absolute Gasteiger partial charge is 0.290 e. The Morgan fingerprint density at radius 3 is 3.00 bits per heavy atom. The van der Waals surface area contributed by atoms with Crippen LogP contribution in [0, 0.1) is 11.6 Å². The maximum absolute atomic E-state index is 13.7. The van der Waals surface area contributed by atoms with E-state index < -0.39 is 17.5 Å². The van der Waals surface area contributed by atoms with Gasteiger partial charge in [0.15, 0.2) is 5.82 Å². The number of aromatic amines is 1. The number of H-pyrrole nitrogens is 1. The molecule has 24 heavy (non-hydrogen) atoms. The molecule has 0 aliphatic carbocycles. The molecule has 0 unspecified atom stereocenters. The zero-order valence-corrected chi connectivity index (χ0v) is 12.8. The Balaban J connectivity index is 1.71. The normalized spacial score (nSPS) is 17.6. The van der Waals surface area contributed by atoms with Gasteiger partial charge in [0, 0.05) is 31.5 Å². The molecule has 8 heteroatoms. The molecule has 1 aliphatic rings. The van der Waals surface area contributed by atoms with Crippen molar-refractivity contribution in [2.75, 3.05) is 18.0 Å². The quantitative estimate of drug-likeness (QED) is 0.890. The van der Waals surface area contributed by atoms with Crippen molar-refractivity contribution in [2.45, 2.75) is 18.9 Å². The third-order valence-electron chi connectivity index (χ3n) is 3.92. The van der Waals surface area contributed by atoms with Crippen LogP contribution in [0.1, 0.15) is 23.2 Å². The van der Waals surface area contributed by atoms with Gasteiger partial charge in [0.05, 0.1) is 5.56 Å². The van der Waals surface area contributed by atoms with Gasteiger partial charge in [-0.15, -0.1) is 0 Å². The summed E-state index contributed by atoms with van der Waals surface area (Å²) in [5.41, 5.74) is -0.636. The Hall–Kier alpha value is -2.77. The number of anilines is 1. The molecule has 0 saturated carbocycles. The summed E-state index contributed by atoms with van der Waals surface area (Å²) in [6.07, 6.45) is 4.36. The van der Waals surface area contributed by atoms with E-state index in [4.69, 9.17) is 0 Å². The maximum atomic E-state index is 13.7. The summed E-state index contributed by atoms with van der Waals surface area (Å²) >= 11 is 0. The number of amides is 1. The third kappa shape index (κ3) is 3.42. The van der Waals surface area contributed by atoms with Crippen molar-refractivity contribution < 1.29 is 13.6 Å². The summed E-state index contributed by atoms with van der Waals surface area (Å²) < 4.78 is 26.9. The highest BCUT2D eigenvalue weighted by atomic mass is 19.1.